The lowest BCUT2D eigenvalue weighted by molar-refractivity contribution is -0.118. The van der Waals surface area contributed by atoms with Gasteiger partial charge in [0.25, 0.3) is 0 Å². The largest absolute Gasteiger partial charge is 0.356 e. The lowest BCUT2D eigenvalue weighted by Crippen LogP contribution is -2.21. The molecule has 3 aromatic carbocycles. The molecule has 0 aliphatic carbocycles. The second-order valence-electron chi connectivity index (χ2n) is 9.82. The van der Waals surface area contributed by atoms with Crippen molar-refractivity contribution in [3.63, 3.8) is 0 Å². The van der Waals surface area contributed by atoms with Gasteiger partial charge in [-0.05, 0) is 71.8 Å². The van der Waals surface area contributed by atoms with Crippen LogP contribution in [0.5, 0.6) is 0 Å². The van der Waals surface area contributed by atoms with Crippen molar-refractivity contribution in [2.75, 3.05) is 13.1 Å². The molecule has 2 atom stereocenters. The summed E-state index contributed by atoms with van der Waals surface area (Å²) in [6.45, 7) is 8.68. The van der Waals surface area contributed by atoms with Gasteiger partial charge in [-0.2, -0.15) is 0 Å². The summed E-state index contributed by atoms with van der Waals surface area (Å²) in [5.74, 6) is 0.0491. The Balaban J connectivity index is -0.000000539. The van der Waals surface area contributed by atoms with Gasteiger partial charge < -0.3 is 5.32 Å². The third kappa shape index (κ3) is 29.1. The molecule has 46 heavy (non-hydrogen) atoms. The summed E-state index contributed by atoms with van der Waals surface area (Å²) in [4.78, 5) is 18.6. The number of amides is 1. The molecular weight excluding hydrogens is 576 g/mol. The quantitative estimate of drug-likeness (QED) is 0.0840. The SMILES string of the molecule is C.C.CC(=O)NCCCc1ccccc1.CC(Cc1ccccc1)N=[N+]=[N-].CCC(C)N=[N+]=[N-].[N-]=[N+]=NCCCc1ccccc1. The fourth-order valence-electron chi connectivity index (χ4n) is 3.50. The first-order valence-corrected chi connectivity index (χ1v) is 14.8. The van der Waals surface area contributed by atoms with Crippen LogP contribution in [-0.2, 0) is 24.1 Å². The standard InChI is InChI=1S/C11H15NO.2C9H11N3.C4H9N3.2CH4/c1-10(13)12-9-5-8-11-6-3-2-4-7-11;1-8(11-12-10)7-9-5-3-2-4-6-9;10-12-11-8-4-7-9-5-2-1-3-6-9;1-3-4(2)6-7-5;;/h2-4,6-7H,5,8-9H2,1H3,(H,12,13);2-6,8H,7H2,1H3;1-3,5-6H,4,7-8H2;4H,3H2,1-2H3;2*1H4. The molecule has 250 valence electrons. The molecule has 0 spiro atoms. The fourth-order valence-corrected chi connectivity index (χ4v) is 3.50. The maximum atomic E-state index is 10.5. The first-order chi connectivity index (χ1) is 21.4. The highest BCUT2D eigenvalue weighted by atomic mass is 16.1. The number of carbonyl (C=O) groups is 1. The van der Waals surface area contributed by atoms with Gasteiger partial charge in [0.2, 0.25) is 5.91 Å². The van der Waals surface area contributed by atoms with Gasteiger partial charge in [-0.3, -0.25) is 4.79 Å². The van der Waals surface area contributed by atoms with Crippen molar-refractivity contribution in [3.05, 3.63) is 139 Å². The van der Waals surface area contributed by atoms with Crippen LogP contribution in [-0.4, -0.2) is 31.1 Å². The Bertz CT molecular complexity index is 1270. The van der Waals surface area contributed by atoms with E-state index in [1.807, 2.05) is 87.5 Å². The van der Waals surface area contributed by atoms with Crippen LogP contribution < -0.4 is 5.32 Å². The highest BCUT2D eigenvalue weighted by Gasteiger charge is 1.98. The van der Waals surface area contributed by atoms with Crippen molar-refractivity contribution in [1.82, 2.24) is 5.32 Å². The number of rotatable bonds is 13. The molecule has 2 unspecified atom stereocenters. The molecule has 0 heterocycles. The minimum atomic E-state index is 0. The zero-order valence-electron chi connectivity index (χ0n) is 26.4. The number of azide groups is 3. The van der Waals surface area contributed by atoms with E-state index in [4.69, 9.17) is 16.6 Å². The van der Waals surface area contributed by atoms with Gasteiger partial charge in [0.1, 0.15) is 0 Å². The zero-order valence-corrected chi connectivity index (χ0v) is 26.4. The van der Waals surface area contributed by atoms with E-state index in [0.717, 1.165) is 45.1 Å². The Morgan fingerprint density at radius 2 is 1.13 bits per heavy atom. The molecule has 1 N–H and O–H groups in total. The van der Waals surface area contributed by atoms with E-state index in [1.165, 1.54) is 16.7 Å². The molecule has 0 radical (unpaired) electrons. The molecule has 0 saturated heterocycles. The Labute approximate surface area is 276 Å². The van der Waals surface area contributed by atoms with Crippen LogP contribution in [0.3, 0.4) is 0 Å². The molecule has 3 rings (SSSR count). The van der Waals surface area contributed by atoms with Crippen LogP contribution in [0.4, 0.5) is 0 Å². The van der Waals surface area contributed by atoms with Crippen molar-refractivity contribution >= 4 is 5.91 Å². The van der Waals surface area contributed by atoms with Crippen molar-refractivity contribution in [2.45, 2.75) is 93.2 Å². The Morgan fingerprint density at radius 3 is 1.52 bits per heavy atom. The Kier molecular flexibility index (Phi) is 32.6. The summed E-state index contributed by atoms with van der Waals surface area (Å²) in [6.07, 6.45) is 5.67. The Morgan fingerprint density at radius 1 is 0.696 bits per heavy atom. The van der Waals surface area contributed by atoms with Gasteiger partial charge in [0.05, 0.1) is 0 Å². The molecule has 11 heteroatoms. The van der Waals surface area contributed by atoms with Crippen molar-refractivity contribution in [3.8, 4) is 0 Å². The van der Waals surface area contributed by atoms with Crippen LogP contribution in [0.15, 0.2) is 106 Å². The van der Waals surface area contributed by atoms with Gasteiger partial charge in [-0.15, -0.1) is 0 Å². The lowest BCUT2D eigenvalue weighted by Gasteiger charge is -2.02. The van der Waals surface area contributed by atoms with E-state index in [2.05, 4.69) is 59.7 Å². The third-order valence-corrected chi connectivity index (χ3v) is 5.95. The molecule has 0 aromatic heterocycles. The van der Waals surface area contributed by atoms with E-state index >= 15 is 0 Å². The molecule has 0 fully saturated rings. The second-order valence-corrected chi connectivity index (χ2v) is 9.82. The van der Waals surface area contributed by atoms with Gasteiger partial charge in [-0.25, -0.2) is 0 Å². The van der Waals surface area contributed by atoms with Gasteiger partial charge in [-0.1, -0.05) is 142 Å². The summed E-state index contributed by atoms with van der Waals surface area (Å²) in [5.41, 5.74) is 27.9. The van der Waals surface area contributed by atoms with Crippen LogP contribution in [0.1, 0.15) is 78.5 Å². The zero-order chi connectivity index (χ0) is 32.7. The maximum Gasteiger partial charge on any atom is 0.216 e. The minimum absolute atomic E-state index is 0. The number of hydrogen-bond acceptors (Lipinski definition) is 4. The van der Waals surface area contributed by atoms with Gasteiger partial charge in [0, 0.05) is 46.8 Å². The first kappa shape index (κ1) is 45.5. The molecular formula is C35H54N10O. The Hall–Kier alpha value is -4.94. The van der Waals surface area contributed by atoms with Crippen LogP contribution in [0.25, 0.3) is 31.3 Å². The third-order valence-electron chi connectivity index (χ3n) is 5.95. The summed E-state index contributed by atoms with van der Waals surface area (Å²) < 4.78 is 0. The number of benzene rings is 3. The van der Waals surface area contributed by atoms with Crippen molar-refractivity contribution in [1.29, 1.82) is 0 Å². The van der Waals surface area contributed by atoms with Crippen molar-refractivity contribution in [2.24, 2.45) is 15.3 Å². The predicted octanol–water partition coefficient (Wildman–Crippen LogP) is 11.0. The van der Waals surface area contributed by atoms with Gasteiger partial charge in [0.15, 0.2) is 0 Å². The normalized spacial score (nSPS) is 10.0. The highest BCUT2D eigenvalue weighted by molar-refractivity contribution is 5.72. The molecule has 11 nitrogen and oxygen atoms in total. The second kappa shape index (κ2) is 33.0. The average molecular weight is 631 g/mol. The number of nitrogens with zero attached hydrogens (tertiary/aromatic N) is 9. The van der Waals surface area contributed by atoms with Crippen LogP contribution >= 0.6 is 0 Å². The van der Waals surface area contributed by atoms with E-state index in [9.17, 15) is 4.79 Å². The van der Waals surface area contributed by atoms with E-state index in [1.54, 1.807) is 6.92 Å². The maximum absolute atomic E-state index is 10.5. The smallest absolute Gasteiger partial charge is 0.216 e. The molecule has 1 amide bonds. The molecule has 0 aliphatic rings. The summed E-state index contributed by atoms with van der Waals surface area (Å²) >= 11 is 0. The summed E-state index contributed by atoms with van der Waals surface area (Å²) in [5, 5.41) is 13.3. The number of hydrogen-bond donors (Lipinski definition) is 1. The molecule has 3 aromatic rings. The number of nitrogens with one attached hydrogen (secondary N) is 1. The monoisotopic (exact) mass is 630 g/mol. The van der Waals surface area contributed by atoms with Gasteiger partial charge >= 0.3 is 0 Å². The highest BCUT2D eigenvalue weighted by Crippen LogP contribution is 2.05. The van der Waals surface area contributed by atoms with E-state index in [-0.39, 0.29) is 32.8 Å². The average Bonchev–Trinajstić information content (AvgIpc) is 3.04. The van der Waals surface area contributed by atoms with E-state index < -0.39 is 0 Å². The molecule has 0 aliphatic heterocycles. The molecule has 0 bridgehead atoms. The predicted molar refractivity (Wildman–Crippen MR) is 193 cm³/mol. The van der Waals surface area contributed by atoms with Crippen LogP contribution in [0, 0.1) is 0 Å². The van der Waals surface area contributed by atoms with Crippen molar-refractivity contribution < 1.29 is 4.79 Å². The van der Waals surface area contributed by atoms with Crippen LogP contribution in [0.2, 0.25) is 0 Å². The summed E-state index contributed by atoms with van der Waals surface area (Å²) in [6, 6.07) is 30.7. The number of carbonyl (C=O) groups excluding carboxylic acids is 1. The number of aryl methyl sites for hydroxylation is 2. The topological polar surface area (TPSA) is 175 Å². The van der Waals surface area contributed by atoms with E-state index in [0.29, 0.717) is 6.54 Å². The lowest BCUT2D eigenvalue weighted by atomic mass is 10.1. The minimum Gasteiger partial charge on any atom is -0.356 e. The fraction of sp³-hybridized carbons (Fsp3) is 0.457. The first-order valence-electron chi connectivity index (χ1n) is 14.8. The summed E-state index contributed by atoms with van der Waals surface area (Å²) in [7, 11) is 0. The molecule has 0 saturated carbocycles.